The molecule has 1 aliphatic rings. The predicted octanol–water partition coefficient (Wildman–Crippen LogP) is -0.135. The van der Waals surface area contributed by atoms with Gasteiger partial charge < -0.3 is 29.8 Å². The number of nitrogens with two attached hydrogens (primary N) is 1. The molecule has 0 aliphatic carbocycles. The molecule has 9 nitrogen and oxygen atoms in total. The Hall–Kier alpha value is -2.13. The van der Waals surface area contributed by atoms with Gasteiger partial charge in [0.15, 0.2) is 18.2 Å². The van der Waals surface area contributed by atoms with E-state index >= 15 is 0 Å². The number of hydrogen-bond acceptors (Lipinski definition) is 9. The summed E-state index contributed by atoms with van der Waals surface area (Å²) in [4.78, 5) is 26.3. The quantitative estimate of drug-likeness (QED) is 0.371. The van der Waals surface area contributed by atoms with Crippen LogP contribution in [0, 0.1) is 0 Å². The molecular formula is C15H24N2O7. The SMILES string of the molecule is CCOC(N)=CC=N[C@@H]1O[C@H](COC(C)=O)C(OC(C)=O)C1(C)O. The van der Waals surface area contributed by atoms with Crippen LogP contribution in [0.5, 0.6) is 0 Å². The highest BCUT2D eigenvalue weighted by atomic mass is 16.6. The lowest BCUT2D eigenvalue weighted by atomic mass is 9.96. The average molecular weight is 344 g/mol. The van der Waals surface area contributed by atoms with Crippen LogP contribution in [0.15, 0.2) is 17.0 Å². The molecule has 0 radical (unpaired) electrons. The maximum absolute atomic E-state index is 11.3. The Labute approximate surface area is 140 Å². The van der Waals surface area contributed by atoms with Gasteiger partial charge in [-0.1, -0.05) is 0 Å². The van der Waals surface area contributed by atoms with E-state index in [0.717, 1.165) is 0 Å². The van der Waals surface area contributed by atoms with E-state index in [9.17, 15) is 14.7 Å². The summed E-state index contributed by atoms with van der Waals surface area (Å²) in [6.45, 7) is 5.89. The predicted molar refractivity (Wildman–Crippen MR) is 83.9 cm³/mol. The highest BCUT2D eigenvalue weighted by Crippen LogP contribution is 2.34. The topological polar surface area (TPSA) is 130 Å². The molecule has 9 heteroatoms. The molecule has 0 bridgehead atoms. The van der Waals surface area contributed by atoms with Crippen molar-refractivity contribution in [2.45, 2.75) is 51.7 Å². The maximum Gasteiger partial charge on any atom is 0.303 e. The van der Waals surface area contributed by atoms with Crippen LogP contribution in [-0.4, -0.2) is 60.5 Å². The minimum atomic E-state index is -1.61. The van der Waals surface area contributed by atoms with Crippen LogP contribution in [0.4, 0.5) is 0 Å². The number of carbonyl (C=O) groups excluding carboxylic acids is 2. The smallest absolute Gasteiger partial charge is 0.303 e. The minimum absolute atomic E-state index is 0.159. The molecule has 0 saturated carbocycles. The molecule has 1 fully saturated rings. The minimum Gasteiger partial charge on any atom is -0.480 e. The number of ether oxygens (including phenoxy) is 4. The third-order valence-corrected chi connectivity index (χ3v) is 3.23. The fourth-order valence-corrected chi connectivity index (χ4v) is 2.19. The Bertz CT molecular complexity index is 516. The monoisotopic (exact) mass is 344 g/mol. The molecular weight excluding hydrogens is 320 g/mol. The summed E-state index contributed by atoms with van der Waals surface area (Å²) in [7, 11) is 0. The van der Waals surface area contributed by atoms with Crippen molar-refractivity contribution in [2.75, 3.05) is 13.2 Å². The van der Waals surface area contributed by atoms with Gasteiger partial charge in [0.1, 0.15) is 18.3 Å². The van der Waals surface area contributed by atoms with E-state index in [-0.39, 0.29) is 12.5 Å². The number of aliphatic imine (C=N–C) groups is 1. The Morgan fingerprint density at radius 1 is 1.33 bits per heavy atom. The van der Waals surface area contributed by atoms with Crippen molar-refractivity contribution in [3.8, 4) is 0 Å². The molecule has 0 aromatic carbocycles. The molecule has 1 rings (SSSR count). The Kier molecular flexibility index (Phi) is 7.18. The highest BCUT2D eigenvalue weighted by molar-refractivity contribution is 5.71. The Morgan fingerprint density at radius 3 is 2.54 bits per heavy atom. The van der Waals surface area contributed by atoms with E-state index in [1.54, 1.807) is 6.92 Å². The van der Waals surface area contributed by atoms with Gasteiger partial charge in [0, 0.05) is 26.1 Å². The zero-order valence-electron chi connectivity index (χ0n) is 14.2. The van der Waals surface area contributed by atoms with Gasteiger partial charge in [0.05, 0.1) is 6.61 Å². The molecule has 0 aromatic rings. The molecule has 3 N–H and O–H groups in total. The van der Waals surface area contributed by atoms with Crippen molar-refractivity contribution in [3.63, 3.8) is 0 Å². The number of esters is 2. The van der Waals surface area contributed by atoms with E-state index in [1.807, 2.05) is 0 Å². The lowest BCUT2D eigenvalue weighted by Gasteiger charge is -2.27. The van der Waals surface area contributed by atoms with E-state index in [4.69, 9.17) is 24.7 Å². The van der Waals surface area contributed by atoms with Gasteiger partial charge in [-0.3, -0.25) is 14.6 Å². The molecule has 2 unspecified atom stereocenters. The van der Waals surface area contributed by atoms with Crippen LogP contribution in [0.2, 0.25) is 0 Å². The van der Waals surface area contributed by atoms with Gasteiger partial charge in [-0.25, -0.2) is 0 Å². The molecule has 1 saturated heterocycles. The second-order valence-corrected chi connectivity index (χ2v) is 5.39. The van der Waals surface area contributed by atoms with Gasteiger partial charge in [0.25, 0.3) is 0 Å². The Balaban J connectivity index is 2.89. The third-order valence-electron chi connectivity index (χ3n) is 3.23. The molecule has 4 atom stereocenters. The molecule has 1 heterocycles. The lowest BCUT2D eigenvalue weighted by molar-refractivity contribution is -0.162. The normalized spacial score (nSPS) is 30.4. The number of carbonyl (C=O) groups is 2. The van der Waals surface area contributed by atoms with E-state index in [2.05, 4.69) is 4.99 Å². The second kappa shape index (κ2) is 8.65. The van der Waals surface area contributed by atoms with Crippen molar-refractivity contribution >= 4 is 18.2 Å². The Morgan fingerprint density at radius 2 is 2.00 bits per heavy atom. The maximum atomic E-state index is 11.3. The average Bonchev–Trinajstić information content (AvgIpc) is 2.69. The number of hydrogen-bond donors (Lipinski definition) is 2. The van der Waals surface area contributed by atoms with Gasteiger partial charge in [-0.2, -0.15) is 0 Å². The fraction of sp³-hybridized carbons (Fsp3) is 0.667. The number of allylic oxidation sites excluding steroid dienone is 1. The highest BCUT2D eigenvalue weighted by Gasteiger charge is 2.55. The fourth-order valence-electron chi connectivity index (χ4n) is 2.19. The van der Waals surface area contributed by atoms with Gasteiger partial charge in [0.2, 0.25) is 0 Å². The lowest BCUT2D eigenvalue weighted by Crippen LogP contribution is -2.48. The summed E-state index contributed by atoms with van der Waals surface area (Å²) >= 11 is 0. The summed E-state index contributed by atoms with van der Waals surface area (Å²) in [6.07, 6.45) is -0.187. The molecule has 24 heavy (non-hydrogen) atoms. The summed E-state index contributed by atoms with van der Waals surface area (Å²) in [5.41, 5.74) is 3.95. The number of aliphatic hydroxyl groups is 1. The number of nitrogens with zero attached hydrogens (tertiary/aromatic N) is 1. The zero-order chi connectivity index (χ0) is 18.3. The first kappa shape index (κ1) is 19.9. The second-order valence-electron chi connectivity index (χ2n) is 5.39. The van der Waals surface area contributed by atoms with Gasteiger partial charge >= 0.3 is 11.9 Å². The van der Waals surface area contributed by atoms with Crippen molar-refractivity contribution in [2.24, 2.45) is 10.7 Å². The first-order valence-electron chi connectivity index (χ1n) is 7.48. The number of rotatable bonds is 7. The first-order valence-corrected chi connectivity index (χ1v) is 7.48. The van der Waals surface area contributed by atoms with Crippen LogP contribution in [0.25, 0.3) is 0 Å². The zero-order valence-corrected chi connectivity index (χ0v) is 14.2. The first-order chi connectivity index (χ1) is 11.2. The molecule has 0 spiro atoms. The van der Waals surface area contributed by atoms with Crippen LogP contribution in [0.1, 0.15) is 27.7 Å². The van der Waals surface area contributed by atoms with Crippen LogP contribution in [-0.2, 0) is 28.5 Å². The largest absolute Gasteiger partial charge is 0.480 e. The van der Waals surface area contributed by atoms with Crippen molar-refractivity contribution < 1.29 is 33.6 Å². The summed E-state index contributed by atoms with van der Waals surface area (Å²) in [5.74, 6) is -0.951. The van der Waals surface area contributed by atoms with Crippen molar-refractivity contribution in [1.82, 2.24) is 0 Å². The standard InChI is InChI=1S/C15H24N2O7/c1-5-21-12(16)6-7-17-14-15(4,20)13(23-10(3)19)11(24-14)8-22-9(2)18/h6-7,11,13-14,20H,5,8,16H2,1-4H3/t11-,13?,14-,15?/m1/s1. The van der Waals surface area contributed by atoms with Gasteiger partial charge in [-0.15, -0.1) is 0 Å². The summed E-state index contributed by atoms with van der Waals surface area (Å²) in [5, 5.41) is 10.6. The van der Waals surface area contributed by atoms with E-state index in [1.165, 1.54) is 33.1 Å². The van der Waals surface area contributed by atoms with Crippen LogP contribution < -0.4 is 5.73 Å². The van der Waals surface area contributed by atoms with E-state index in [0.29, 0.717) is 6.61 Å². The van der Waals surface area contributed by atoms with Crippen LogP contribution in [0.3, 0.4) is 0 Å². The van der Waals surface area contributed by atoms with Gasteiger partial charge in [-0.05, 0) is 13.8 Å². The molecule has 1 aliphatic heterocycles. The summed E-state index contributed by atoms with van der Waals surface area (Å²) in [6, 6.07) is 0. The molecule has 136 valence electrons. The summed E-state index contributed by atoms with van der Waals surface area (Å²) < 4.78 is 20.6. The molecule has 0 aromatic heterocycles. The van der Waals surface area contributed by atoms with E-state index < -0.39 is 36.0 Å². The van der Waals surface area contributed by atoms with Crippen LogP contribution >= 0.6 is 0 Å². The van der Waals surface area contributed by atoms with Crippen molar-refractivity contribution in [3.05, 3.63) is 12.0 Å². The van der Waals surface area contributed by atoms with Crippen molar-refractivity contribution in [1.29, 1.82) is 0 Å². The third kappa shape index (κ3) is 5.50. The molecule has 0 amide bonds.